The van der Waals surface area contributed by atoms with Gasteiger partial charge in [0.1, 0.15) is 17.8 Å². The average molecular weight is 344 g/mol. The summed E-state index contributed by atoms with van der Waals surface area (Å²) >= 11 is 0. The van der Waals surface area contributed by atoms with Crippen molar-refractivity contribution in [2.45, 2.75) is 37.8 Å². The molecule has 0 unspecified atom stereocenters. The van der Waals surface area contributed by atoms with Gasteiger partial charge in [-0.05, 0) is 44.4 Å². The number of ether oxygens (including phenoxy) is 1. The van der Waals surface area contributed by atoms with E-state index in [0.717, 1.165) is 6.42 Å². The highest BCUT2D eigenvalue weighted by Crippen LogP contribution is 2.20. The molecule has 0 radical (unpaired) electrons. The standard InChI is InChI=1S/C18H24N4O3/c1-25-16-9-3-2-7-14(16)17(23)21-15(8-4-10-19)18(24)22-11-5-6-13(22)12-20/h2-3,7,9,13,15H,4-6,8,10-11,19H2,1H3,(H,21,23)/t13-,15-/m0/s1. The van der Waals surface area contributed by atoms with Crippen molar-refractivity contribution in [2.75, 3.05) is 20.2 Å². The first-order valence-corrected chi connectivity index (χ1v) is 8.46. The van der Waals surface area contributed by atoms with Crippen LogP contribution in [0.5, 0.6) is 5.75 Å². The Morgan fingerprint density at radius 3 is 2.92 bits per heavy atom. The van der Waals surface area contributed by atoms with E-state index in [1.807, 2.05) is 0 Å². The molecule has 2 rings (SSSR count). The predicted octanol–water partition coefficient (Wildman–Crippen LogP) is 1.05. The number of methoxy groups -OCH3 is 1. The van der Waals surface area contributed by atoms with Crippen LogP contribution in [0.1, 0.15) is 36.0 Å². The summed E-state index contributed by atoms with van der Waals surface area (Å²) in [5.74, 6) is -0.151. The molecular weight excluding hydrogens is 320 g/mol. The molecule has 0 bridgehead atoms. The van der Waals surface area contributed by atoms with Crippen LogP contribution in [0, 0.1) is 11.3 Å². The summed E-state index contributed by atoms with van der Waals surface area (Å²) in [7, 11) is 1.49. The van der Waals surface area contributed by atoms with Gasteiger partial charge in [-0.1, -0.05) is 12.1 Å². The van der Waals surface area contributed by atoms with E-state index < -0.39 is 12.1 Å². The third-order valence-corrected chi connectivity index (χ3v) is 4.34. The number of amides is 2. The van der Waals surface area contributed by atoms with E-state index in [1.54, 1.807) is 29.2 Å². The second kappa shape index (κ2) is 9.04. The molecule has 0 aromatic heterocycles. The maximum atomic E-state index is 12.8. The van der Waals surface area contributed by atoms with Gasteiger partial charge in [-0.15, -0.1) is 0 Å². The normalized spacial score (nSPS) is 17.6. The number of hydrogen-bond acceptors (Lipinski definition) is 5. The lowest BCUT2D eigenvalue weighted by Gasteiger charge is -2.26. The van der Waals surface area contributed by atoms with Gasteiger partial charge in [-0.3, -0.25) is 9.59 Å². The SMILES string of the molecule is COc1ccccc1C(=O)N[C@@H](CCCN)C(=O)N1CCC[C@H]1C#N. The van der Waals surface area contributed by atoms with Crippen molar-refractivity contribution >= 4 is 11.8 Å². The van der Waals surface area contributed by atoms with Crippen LogP contribution in [0.2, 0.25) is 0 Å². The largest absolute Gasteiger partial charge is 0.496 e. The van der Waals surface area contributed by atoms with Crippen LogP contribution in [0.25, 0.3) is 0 Å². The maximum absolute atomic E-state index is 12.8. The van der Waals surface area contributed by atoms with Gasteiger partial charge in [0.2, 0.25) is 5.91 Å². The summed E-state index contributed by atoms with van der Waals surface area (Å²) in [5, 5.41) is 12.0. The van der Waals surface area contributed by atoms with Crippen LogP contribution in [0.3, 0.4) is 0 Å². The zero-order valence-electron chi connectivity index (χ0n) is 14.4. The van der Waals surface area contributed by atoms with E-state index in [2.05, 4.69) is 11.4 Å². The first-order valence-electron chi connectivity index (χ1n) is 8.46. The molecule has 0 aliphatic carbocycles. The maximum Gasteiger partial charge on any atom is 0.255 e. The van der Waals surface area contributed by atoms with Gasteiger partial charge in [0, 0.05) is 6.54 Å². The number of carbonyl (C=O) groups is 2. The van der Waals surface area contributed by atoms with Crippen molar-refractivity contribution in [3.63, 3.8) is 0 Å². The summed E-state index contributed by atoms with van der Waals surface area (Å²) in [5.41, 5.74) is 5.93. The van der Waals surface area contributed by atoms with Gasteiger partial charge in [-0.2, -0.15) is 5.26 Å². The van der Waals surface area contributed by atoms with Crippen LogP contribution in [0.4, 0.5) is 0 Å². The third-order valence-electron chi connectivity index (χ3n) is 4.34. The fourth-order valence-electron chi connectivity index (χ4n) is 3.01. The summed E-state index contributed by atoms with van der Waals surface area (Å²) < 4.78 is 5.20. The predicted molar refractivity (Wildman–Crippen MR) is 92.9 cm³/mol. The van der Waals surface area contributed by atoms with Crippen LogP contribution in [-0.2, 0) is 4.79 Å². The van der Waals surface area contributed by atoms with Gasteiger partial charge in [0.05, 0.1) is 18.7 Å². The fraction of sp³-hybridized carbons (Fsp3) is 0.500. The quantitative estimate of drug-likeness (QED) is 0.768. The van der Waals surface area contributed by atoms with Crippen molar-refractivity contribution in [3.05, 3.63) is 29.8 Å². The highest BCUT2D eigenvalue weighted by molar-refractivity contribution is 5.99. The molecule has 2 amide bonds. The lowest BCUT2D eigenvalue weighted by Crippen LogP contribution is -2.50. The molecule has 3 N–H and O–H groups in total. The minimum absolute atomic E-state index is 0.222. The van der Waals surface area contributed by atoms with Gasteiger partial charge in [0.25, 0.3) is 5.91 Å². The summed E-state index contributed by atoms with van der Waals surface area (Å²) in [6.45, 7) is 0.969. The first kappa shape index (κ1) is 18.7. The third kappa shape index (κ3) is 4.48. The van der Waals surface area contributed by atoms with Gasteiger partial charge < -0.3 is 20.7 Å². The Kier molecular flexibility index (Phi) is 6.78. The monoisotopic (exact) mass is 344 g/mol. The Labute approximate surface area is 147 Å². The summed E-state index contributed by atoms with van der Waals surface area (Å²) in [6.07, 6.45) is 2.51. The minimum Gasteiger partial charge on any atom is -0.496 e. The zero-order chi connectivity index (χ0) is 18.2. The van der Waals surface area contributed by atoms with E-state index in [1.165, 1.54) is 7.11 Å². The molecule has 1 aliphatic rings. The Morgan fingerprint density at radius 1 is 1.48 bits per heavy atom. The number of carbonyl (C=O) groups excluding carboxylic acids is 2. The van der Waals surface area contributed by atoms with Crippen LogP contribution in [0.15, 0.2) is 24.3 Å². The van der Waals surface area contributed by atoms with Gasteiger partial charge in [0.15, 0.2) is 0 Å². The second-order valence-corrected chi connectivity index (χ2v) is 5.98. The molecule has 1 fully saturated rings. The topological polar surface area (TPSA) is 108 Å². The number of nitrogens with two attached hydrogens (primary N) is 1. The number of likely N-dealkylation sites (tertiary alicyclic amines) is 1. The van der Waals surface area contributed by atoms with E-state index in [-0.39, 0.29) is 11.8 Å². The average Bonchev–Trinajstić information content (AvgIpc) is 3.13. The molecule has 1 aromatic carbocycles. The molecular formula is C18H24N4O3. The van der Waals surface area contributed by atoms with Crippen molar-refractivity contribution in [1.82, 2.24) is 10.2 Å². The molecule has 0 spiro atoms. The molecule has 0 saturated carbocycles. The lowest BCUT2D eigenvalue weighted by molar-refractivity contribution is -0.133. The smallest absolute Gasteiger partial charge is 0.255 e. The number of nitrogens with one attached hydrogen (secondary N) is 1. The summed E-state index contributed by atoms with van der Waals surface area (Å²) in [6, 6.07) is 7.88. The van der Waals surface area contributed by atoms with Crippen LogP contribution in [-0.4, -0.2) is 49.0 Å². The molecule has 1 saturated heterocycles. The molecule has 1 heterocycles. The van der Waals surface area contributed by atoms with Gasteiger partial charge in [-0.25, -0.2) is 0 Å². The van der Waals surface area contributed by atoms with Crippen molar-refractivity contribution in [2.24, 2.45) is 5.73 Å². The number of nitriles is 1. The van der Waals surface area contributed by atoms with E-state index in [0.29, 0.717) is 43.7 Å². The molecule has 7 heteroatoms. The second-order valence-electron chi connectivity index (χ2n) is 5.98. The Morgan fingerprint density at radius 2 is 2.24 bits per heavy atom. The summed E-state index contributed by atoms with van der Waals surface area (Å²) in [4.78, 5) is 27.0. The molecule has 7 nitrogen and oxygen atoms in total. The molecule has 2 atom stereocenters. The highest BCUT2D eigenvalue weighted by Gasteiger charge is 2.33. The van der Waals surface area contributed by atoms with Crippen LogP contribution >= 0.6 is 0 Å². The highest BCUT2D eigenvalue weighted by atomic mass is 16.5. The van der Waals surface area contributed by atoms with Crippen molar-refractivity contribution in [1.29, 1.82) is 5.26 Å². The first-order chi connectivity index (χ1) is 12.1. The minimum atomic E-state index is -0.699. The van der Waals surface area contributed by atoms with Crippen LogP contribution < -0.4 is 15.8 Å². The molecule has 25 heavy (non-hydrogen) atoms. The molecule has 1 aromatic rings. The fourth-order valence-corrected chi connectivity index (χ4v) is 3.01. The number of nitrogens with zero attached hydrogens (tertiary/aromatic N) is 2. The van der Waals surface area contributed by atoms with Gasteiger partial charge >= 0.3 is 0 Å². The number of para-hydroxylation sites is 1. The Bertz CT molecular complexity index is 656. The van der Waals surface area contributed by atoms with E-state index in [9.17, 15) is 14.9 Å². The number of rotatable bonds is 7. The van der Waals surface area contributed by atoms with E-state index in [4.69, 9.17) is 10.5 Å². The zero-order valence-corrected chi connectivity index (χ0v) is 14.4. The number of benzene rings is 1. The Hall–Kier alpha value is -2.59. The molecule has 134 valence electrons. The number of hydrogen-bond donors (Lipinski definition) is 2. The van der Waals surface area contributed by atoms with Crippen molar-refractivity contribution < 1.29 is 14.3 Å². The Balaban J connectivity index is 2.15. The van der Waals surface area contributed by atoms with E-state index >= 15 is 0 Å². The molecule has 1 aliphatic heterocycles. The lowest BCUT2D eigenvalue weighted by atomic mass is 10.1. The van der Waals surface area contributed by atoms with Crippen molar-refractivity contribution in [3.8, 4) is 11.8 Å².